The van der Waals surface area contributed by atoms with Gasteiger partial charge < -0.3 is 4.74 Å². The average molecular weight is 355 g/mol. The Balaban J connectivity index is 2.84. The van der Waals surface area contributed by atoms with Gasteiger partial charge in [0, 0.05) is 5.92 Å². The zero-order chi connectivity index (χ0) is 18.3. The quantitative estimate of drug-likeness (QED) is 0.724. The molecule has 0 aliphatic rings. The number of ether oxygens (including phenoxy) is 1. The Morgan fingerprint density at radius 2 is 1.75 bits per heavy atom. The number of hydrogen-bond donors (Lipinski definition) is 1. The zero-order valence-electron chi connectivity index (χ0n) is 14.5. The standard InChI is InChI=1S/C17H25NO5S/c1-5-12(3)16(19)18-24(21,22)15-9-7-8-14(10-15)11-23-17(20)13(4)6-2/h7-10,12-13H,5-6,11H2,1-4H3,(H,18,19). The summed E-state index contributed by atoms with van der Waals surface area (Å²) in [5, 5.41) is 0. The summed E-state index contributed by atoms with van der Waals surface area (Å²) in [5.41, 5.74) is 0.547. The normalized spacial score (nSPS) is 13.8. The molecule has 0 saturated heterocycles. The fraction of sp³-hybridized carbons (Fsp3) is 0.529. The summed E-state index contributed by atoms with van der Waals surface area (Å²) < 4.78 is 31.8. The molecule has 0 fully saturated rings. The topological polar surface area (TPSA) is 89.5 Å². The van der Waals surface area contributed by atoms with Gasteiger partial charge in [-0.15, -0.1) is 0 Å². The summed E-state index contributed by atoms with van der Waals surface area (Å²) in [6.45, 7) is 7.12. The maximum Gasteiger partial charge on any atom is 0.308 e. The Morgan fingerprint density at radius 3 is 2.33 bits per heavy atom. The predicted octanol–water partition coefficient (Wildman–Crippen LogP) is 2.63. The Labute approximate surface area is 143 Å². The molecule has 0 spiro atoms. The number of carbonyl (C=O) groups is 2. The molecule has 7 heteroatoms. The molecule has 24 heavy (non-hydrogen) atoms. The lowest BCUT2D eigenvalue weighted by atomic mass is 10.1. The summed E-state index contributed by atoms with van der Waals surface area (Å²) in [7, 11) is -3.94. The van der Waals surface area contributed by atoms with E-state index < -0.39 is 15.9 Å². The fourth-order valence-corrected chi connectivity index (χ4v) is 2.89. The first-order chi connectivity index (χ1) is 11.2. The molecular formula is C17H25NO5S. The van der Waals surface area contributed by atoms with Crippen molar-refractivity contribution < 1.29 is 22.7 Å². The van der Waals surface area contributed by atoms with Crippen LogP contribution in [0.15, 0.2) is 29.2 Å². The highest BCUT2D eigenvalue weighted by atomic mass is 32.2. The molecule has 0 aliphatic heterocycles. The number of esters is 1. The molecule has 1 N–H and O–H groups in total. The van der Waals surface area contributed by atoms with Gasteiger partial charge in [0.05, 0.1) is 10.8 Å². The number of amides is 1. The van der Waals surface area contributed by atoms with Crippen molar-refractivity contribution in [2.45, 2.75) is 52.0 Å². The summed E-state index contributed by atoms with van der Waals surface area (Å²) in [6, 6.07) is 6.01. The first-order valence-corrected chi connectivity index (χ1v) is 9.51. The summed E-state index contributed by atoms with van der Waals surface area (Å²) in [6.07, 6.45) is 1.22. The number of hydrogen-bond acceptors (Lipinski definition) is 5. The minimum atomic E-state index is -3.94. The third kappa shape index (κ3) is 5.63. The Bertz CT molecular complexity index is 684. The largest absolute Gasteiger partial charge is 0.461 e. The SMILES string of the molecule is CCC(C)C(=O)NS(=O)(=O)c1cccc(COC(=O)C(C)CC)c1. The number of rotatable bonds is 8. The predicted molar refractivity (Wildman–Crippen MR) is 90.5 cm³/mol. The summed E-state index contributed by atoms with van der Waals surface area (Å²) in [4.78, 5) is 23.5. The smallest absolute Gasteiger partial charge is 0.308 e. The first-order valence-electron chi connectivity index (χ1n) is 8.03. The van der Waals surface area contributed by atoms with E-state index in [4.69, 9.17) is 4.74 Å². The molecule has 6 nitrogen and oxygen atoms in total. The van der Waals surface area contributed by atoms with Crippen LogP contribution in [0.4, 0.5) is 0 Å². The van der Waals surface area contributed by atoms with E-state index >= 15 is 0 Å². The van der Waals surface area contributed by atoms with E-state index in [1.165, 1.54) is 12.1 Å². The lowest BCUT2D eigenvalue weighted by Crippen LogP contribution is -2.34. The van der Waals surface area contributed by atoms with Crippen LogP contribution in [-0.4, -0.2) is 20.3 Å². The first kappa shape index (κ1) is 20.2. The van der Waals surface area contributed by atoms with Crippen molar-refractivity contribution in [2.75, 3.05) is 0 Å². The van der Waals surface area contributed by atoms with Crippen molar-refractivity contribution in [3.05, 3.63) is 29.8 Å². The number of carbonyl (C=O) groups excluding carboxylic acids is 2. The van der Waals surface area contributed by atoms with E-state index in [1.807, 2.05) is 13.8 Å². The highest BCUT2D eigenvalue weighted by molar-refractivity contribution is 7.90. The third-order valence-electron chi connectivity index (χ3n) is 3.90. The molecule has 0 heterocycles. The molecule has 1 aromatic carbocycles. The highest BCUT2D eigenvalue weighted by Crippen LogP contribution is 2.14. The van der Waals surface area contributed by atoms with Crippen LogP contribution in [0.1, 0.15) is 46.1 Å². The van der Waals surface area contributed by atoms with Gasteiger partial charge >= 0.3 is 5.97 Å². The maximum atomic E-state index is 12.3. The lowest BCUT2D eigenvalue weighted by Gasteiger charge is -2.12. The second-order valence-corrected chi connectivity index (χ2v) is 7.53. The van der Waals surface area contributed by atoms with Gasteiger partial charge in [-0.25, -0.2) is 13.1 Å². The van der Waals surface area contributed by atoms with Gasteiger partial charge in [0.2, 0.25) is 5.91 Å². The van der Waals surface area contributed by atoms with Gasteiger partial charge in [-0.2, -0.15) is 0 Å². The van der Waals surface area contributed by atoms with Gasteiger partial charge in [0.1, 0.15) is 6.61 Å². The van der Waals surface area contributed by atoms with Crippen LogP contribution in [0.25, 0.3) is 0 Å². The Morgan fingerprint density at radius 1 is 1.12 bits per heavy atom. The Hall–Kier alpha value is -1.89. The van der Waals surface area contributed by atoms with E-state index in [9.17, 15) is 18.0 Å². The van der Waals surface area contributed by atoms with Crippen molar-refractivity contribution in [2.24, 2.45) is 11.8 Å². The molecule has 0 radical (unpaired) electrons. The molecular weight excluding hydrogens is 330 g/mol. The van der Waals surface area contributed by atoms with Gasteiger partial charge in [-0.1, -0.05) is 39.8 Å². The number of nitrogens with one attached hydrogen (secondary N) is 1. The summed E-state index contributed by atoms with van der Waals surface area (Å²) in [5.74, 6) is -1.45. The van der Waals surface area contributed by atoms with Crippen LogP contribution in [0.5, 0.6) is 0 Å². The van der Waals surface area contributed by atoms with Crippen molar-refractivity contribution in [3.63, 3.8) is 0 Å². The van der Waals surface area contributed by atoms with Gasteiger partial charge in [0.15, 0.2) is 0 Å². The molecule has 1 rings (SSSR count). The van der Waals surface area contributed by atoms with Crippen molar-refractivity contribution in [1.82, 2.24) is 4.72 Å². The van der Waals surface area contributed by atoms with Crippen LogP contribution < -0.4 is 4.72 Å². The van der Waals surface area contributed by atoms with Crippen LogP contribution >= 0.6 is 0 Å². The van der Waals surface area contributed by atoms with Crippen LogP contribution in [0.3, 0.4) is 0 Å². The molecule has 134 valence electrons. The van der Waals surface area contributed by atoms with Crippen LogP contribution in [0.2, 0.25) is 0 Å². The molecule has 0 aliphatic carbocycles. The second kappa shape index (κ2) is 8.82. The number of sulfonamides is 1. The van der Waals surface area contributed by atoms with Crippen molar-refractivity contribution in [1.29, 1.82) is 0 Å². The van der Waals surface area contributed by atoms with Gasteiger partial charge in [-0.3, -0.25) is 9.59 Å². The minimum Gasteiger partial charge on any atom is -0.461 e. The van der Waals surface area contributed by atoms with Crippen molar-refractivity contribution >= 4 is 21.9 Å². The minimum absolute atomic E-state index is 0.00809. The molecule has 1 amide bonds. The third-order valence-corrected chi connectivity index (χ3v) is 5.24. The monoisotopic (exact) mass is 355 g/mol. The van der Waals surface area contributed by atoms with E-state index in [0.29, 0.717) is 18.4 Å². The molecule has 2 unspecified atom stereocenters. The second-order valence-electron chi connectivity index (χ2n) is 5.84. The maximum absolute atomic E-state index is 12.3. The highest BCUT2D eigenvalue weighted by Gasteiger charge is 2.21. The average Bonchev–Trinajstić information content (AvgIpc) is 2.57. The van der Waals surface area contributed by atoms with Crippen LogP contribution in [-0.2, 0) is 31.0 Å². The van der Waals surface area contributed by atoms with E-state index in [-0.39, 0.29) is 29.3 Å². The zero-order valence-corrected chi connectivity index (χ0v) is 15.4. The molecule has 1 aromatic rings. The van der Waals surface area contributed by atoms with Crippen molar-refractivity contribution in [3.8, 4) is 0 Å². The number of benzene rings is 1. The lowest BCUT2D eigenvalue weighted by molar-refractivity contribution is -0.149. The molecule has 0 bridgehead atoms. The van der Waals surface area contributed by atoms with E-state index in [1.54, 1.807) is 26.0 Å². The van der Waals surface area contributed by atoms with Gasteiger partial charge in [0.25, 0.3) is 10.0 Å². The molecule has 0 aromatic heterocycles. The summed E-state index contributed by atoms with van der Waals surface area (Å²) >= 11 is 0. The fourth-order valence-electron chi connectivity index (χ4n) is 1.74. The molecule has 2 atom stereocenters. The van der Waals surface area contributed by atoms with Crippen LogP contribution in [0, 0.1) is 11.8 Å². The van der Waals surface area contributed by atoms with Gasteiger partial charge in [-0.05, 0) is 30.5 Å². The Kier molecular flexibility index (Phi) is 7.41. The van der Waals surface area contributed by atoms with E-state index in [0.717, 1.165) is 0 Å². The van der Waals surface area contributed by atoms with E-state index in [2.05, 4.69) is 4.72 Å². The molecule has 0 saturated carbocycles.